The summed E-state index contributed by atoms with van der Waals surface area (Å²) < 4.78 is 34.1. The van der Waals surface area contributed by atoms with Gasteiger partial charge in [-0.15, -0.1) is 0 Å². The maximum atomic E-state index is 13.2. The minimum Gasteiger partial charge on any atom is -0.483 e. The van der Waals surface area contributed by atoms with Gasteiger partial charge < -0.3 is 4.74 Å². The van der Waals surface area contributed by atoms with Crippen LogP contribution >= 0.6 is 0 Å². The molecule has 4 nitrogen and oxygen atoms in total. The first-order valence-electron chi connectivity index (χ1n) is 8.87. The van der Waals surface area contributed by atoms with E-state index in [-0.39, 0.29) is 12.6 Å². The Morgan fingerprint density at radius 3 is 2.30 bits per heavy atom. The van der Waals surface area contributed by atoms with Crippen LogP contribution in [-0.2, 0) is 10.0 Å². The highest BCUT2D eigenvalue weighted by atomic mass is 32.2. The standard InChI is InChI=1S/C22H21NO3S/c1-16-11-13-18(14-12-16)27(24,25)23-15-22(19-8-4-5-9-20(19)23)26-21-10-6-3-7-17(21)2/h3-14,22H,15H2,1-2H3. The minimum absolute atomic E-state index is 0.254. The Hall–Kier alpha value is -2.79. The fraction of sp³-hybridized carbons (Fsp3) is 0.182. The zero-order chi connectivity index (χ0) is 19.0. The van der Waals surface area contributed by atoms with Crippen molar-refractivity contribution < 1.29 is 13.2 Å². The maximum absolute atomic E-state index is 13.2. The van der Waals surface area contributed by atoms with Gasteiger partial charge in [0.25, 0.3) is 10.0 Å². The maximum Gasteiger partial charge on any atom is 0.264 e. The Morgan fingerprint density at radius 2 is 1.56 bits per heavy atom. The molecule has 0 fully saturated rings. The Bertz CT molecular complexity index is 1070. The summed E-state index contributed by atoms with van der Waals surface area (Å²) in [5.41, 5.74) is 3.61. The first-order valence-corrected chi connectivity index (χ1v) is 10.3. The topological polar surface area (TPSA) is 46.6 Å². The number of para-hydroxylation sites is 2. The molecule has 0 radical (unpaired) electrons. The van der Waals surface area contributed by atoms with E-state index in [1.165, 1.54) is 4.31 Å². The lowest BCUT2D eigenvalue weighted by Crippen LogP contribution is -2.30. The molecule has 0 N–H and O–H groups in total. The third kappa shape index (κ3) is 3.19. The van der Waals surface area contributed by atoms with Gasteiger partial charge in [-0.25, -0.2) is 8.42 Å². The molecule has 0 spiro atoms. The molecule has 0 aromatic heterocycles. The summed E-state index contributed by atoms with van der Waals surface area (Å²) in [6.07, 6.45) is -0.345. The molecule has 1 heterocycles. The zero-order valence-corrected chi connectivity index (χ0v) is 16.1. The fourth-order valence-corrected chi connectivity index (χ4v) is 4.83. The van der Waals surface area contributed by atoms with E-state index in [9.17, 15) is 8.42 Å². The van der Waals surface area contributed by atoms with Gasteiger partial charge in [0.1, 0.15) is 11.9 Å². The normalized spacial score (nSPS) is 16.2. The second-order valence-corrected chi connectivity index (χ2v) is 8.64. The molecule has 1 unspecified atom stereocenters. The third-order valence-corrected chi connectivity index (χ3v) is 6.65. The Kier molecular flexibility index (Phi) is 4.40. The highest BCUT2D eigenvalue weighted by Gasteiger charge is 2.37. The lowest BCUT2D eigenvalue weighted by atomic mass is 10.1. The van der Waals surface area contributed by atoms with Crippen molar-refractivity contribution in [1.29, 1.82) is 0 Å². The summed E-state index contributed by atoms with van der Waals surface area (Å²) >= 11 is 0. The highest BCUT2D eigenvalue weighted by molar-refractivity contribution is 7.92. The minimum atomic E-state index is -3.65. The van der Waals surface area contributed by atoms with E-state index >= 15 is 0 Å². The number of sulfonamides is 1. The van der Waals surface area contributed by atoms with E-state index in [2.05, 4.69) is 0 Å². The largest absolute Gasteiger partial charge is 0.483 e. The van der Waals surface area contributed by atoms with Crippen molar-refractivity contribution in [2.24, 2.45) is 0 Å². The molecule has 1 aliphatic heterocycles. The molecule has 0 bridgehead atoms. The number of fused-ring (bicyclic) bond motifs is 1. The van der Waals surface area contributed by atoms with Gasteiger partial charge in [0.15, 0.2) is 0 Å². The van der Waals surface area contributed by atoms with Crippen LogP contribution in [-0.4, -0.2) is 15.0 Å². The number of hydrogen-bond acceptors (Lipinski definition) is 3. The lowest BCUT2D eigenvalue weighted by Gasteiger charge is -2.20. The predicted molar refractivity (Wildman–Crippen MR) is 107 cm³/mol. The van der Waals surface area contributed by atoms with Gasteiger partial charge >= 0.3 is 0 Å². The van der Waals surface area contributed by atoms with Crippen LogP contribution in [0.1, 0.15) is 22.8 Å². The van der Waals surface area contributed by atoms with Gasteiger partial charge in [-0.1, -0.05) is 54.1 Å². The molecule has 4 rings (SSSR count). The first kappa shape index (κ1) is 17.6. The molecule has 3 aromatic carbocycles. The number of aryl methyl sites for hydroxylation is 2. The molecule has 1 atom stereocenters. The van der Waals surface area contributed by atoms with Gasteiger partial charge in [0, 0.05) is 5.56 Å². The molecule has 5 heteroatoms. The van der Waals surface area contributed by atoms with Crippen LogP contribution in [0.25, 0.3) is 0 Å². The van der Waals surface area contributed by atoms with E-state index < -0.39 is 10.0 Å². The molecule has 27 heavy (non-hydrogen) atoms. The lowest BCUT2D eigenvalue weighted by molar-refractivity contribution is 0.223. The van der Waals surface area contributed by atoms with Crippen LogP contribution in [0.4, 0.5) is 5.69 Å². The number of rotatable bonds is 4. The molecule has 0 amide bonds. The van der Waals surface area contributed by atoms with Crippen molar-refractivity contribution >= 4 is 15.7 Å². The smallest absolute Gasteiger partial charge is 0.264 e. The summed E-state index contributed by atoms with van der Waals surface area (Å²) in [5, 5.41) is 0. The van der Waals surface area contributed by atoms with E-state index in [0.29, 0.717) is 10.6 Å². The van der Waals surface area contributed by atoms with Crippen molar-refractivity contribution in [2.45, 2.75) is 24.8 Å². The predicted octanol–water partition coefficient (Wildman–Crippen LogP) is 4.63. The molecule has 1 aliphatic rings. The second kappa shape index (κ2) is 6.74. The second-order valence-electron chi connectivity index (χ2n) is 6.78. The molecule has 3 aromatic rings. The highest BCUT2D eigenvalue weighted by Crippen LogP contribution is 2.40. The van der Waals surface area contributed by atoms with Gasteiger partial charge in [-0.3, -0.25) is 4.31 Å². The van der Waals surface area contributed by atoms with E-state index in [1.807, 2.05) is 74.5 Å². The van der Waals surface area contributed by atoms with Gasteiger partial charge in [-0.2, -0.15) is 0 Å². The van der Waals surface area contributed by atoms with Gasteiger partial charge in [0.2, 0.25) is 0 Å². The number of anilines is 1. The van der Waals surface area contributed by atoms with Gasteiger partial charge in [-0.05, 0) is 43.7 Å². The molecule has 0 saturated heterocycles. The number of benzene rings is 3. The van der Waals surface area contributed by atoms with E-state index in [4.69, 9.17) is 4.74 Å². The molecule has 138 valence electrons. The van der Waals surface area contributed by atoms with Crippen LogP contribution in [0.2, 0.25) is 0 Å². The Labute approximate surface area is 160 Å². The van der Waals surface area contributed by atoms with Crippen molar-refractivity contribution in [3.63, 3.8) is 0 Å². The van der Waals surface area contributed by atoms with Gasteiger partial charge in [0.05, 0.1) is 17.1 Å². The van der Waals surface area contributed by atoms with Crippen molar-refractivity contribution in [3.8, 4) is 5.75 Å². The fourth-order valence-electron chi connectivity index (χ4n) is 3.34. The average Bonchev–Trinajstić information content (AvgIpc) is 3.04. The Morgan fingerprint density at radius 1 is 0.889 bits per heavy atom. The van der Waals surface area contributed by atoms with Crippen molar-refractivity contribution in [2.75, 3.05) is 10.8 Å². The molecular weight excluding hydrogens is 358 g/mol. The number of ether oxygens (including phenoxy) is 1. The Balaban J connectivity index is 1.72. The zero-order valence-electron chi connectivity index (χ0n) is 15.3. The van der Waals surface area contributed by atoms with Crippen LogP contribution in [0.15, 0.2) is 77.7 Å². The van der Waals surface area contributed by atoms with Crippen LogP contribution in [0, 0.1) is 13.8 Å². The summed E-state index contributed by atoms with van der Waals surface area (Å²) in [7, 11) is -3.65. The molecule has 0 saturated carbocycles. The summed E-state index contributed by atoms with van der Waals surface area (Å²) in [4.78, 5) is 0.291. The summed E-state index contributed by atoms with van der Waals surface area (Å²) in [6, 6.07) is 22.2. The van der Waals surface area contributed by atoms with Crippen LogP contribution < -0.4 is 9.04 Å². The number of hydrogen-bond donors (Lipinski definition) is 0. The monoisotopic (exact) mass is 379 g/mol. The first-order chi connectivity index (χ1) is 13.0. The average molecular weight is 379 g/mol. The molecular formula is C22H21NO3S. The summed E-state index contributed by atoms with van der Waals surface area (Å²) in [5.74, 6) is 0.770. The van der Waals surface area contributed by atoms with Crippen LogP contribution in [0.5, 0.6) is 5.75 Å². The quantitative estimate of drug-likeness (QED) is 0.664. The molecule has 0 aliphatic carbocycles. The van der Waals surface area contributed by atoms with E-state index in [1.54, 1.807) is 12.1 Å². The van der Waals surface area contributed by atoms with Crippen molar-refractivity contribution in [3.05, 3.63) is 89.5 Å². The van der Waals surface area contributed by atoms with Crippen LogP contribution in [0.3, 0.4) is 0 Å². The van der Waals surface area contributed by atoms with Crippen molar-refractivity contribution in [1.82, 2.24) is 0 Å². The summed E-state index contributed by atoms with van der Waals surface area (Å²) in [6.45, 7) is 4.18. The SMILES string of the molecule is Cc1ccc(S(=O)(=O)N2CC(Oc3ccccc3C)c3ccccc32)cc1. The number of nitrogens with zero attached hydrogens (tertiary/aromatic N) is 1. The third-order valence-electron chi connectivity index (χ3n) is 4.86. The van der Waals surface area contributed by atoms with E-state index in [0.717, 1.165) is 22.4 Å².